The molecule has 1 aliphatic heterocycles. The van der Waals surface area contributed by atoms with Gasteiger partial charge in [-0.15, -0.1) is 0 Å². The topological polar surface area (TPSA) is 39.2 Å². The van der Waals surface area contributed by atoms with Crippen molar-refractivity contribution in [2.24, 2.45) is 0 Å². The predicted molar refractivity (Wildman–Crippen MR) is 47.2 cm³/mol. The van der Waals surface area contributed by atoms with E-state index >= 15 is 0 Å². The molecule has 3 nitrogen and oxygen atoms in total. The SMILES string of the molecule is O=C(C1=CCCO1)c1ccc(F)cn1. The maximum Gasteiger partial charge on any atom is 0.245 e. The first-order valence-electron chi connectivity index (χ1n) is 4.26. The van der Waals surface area contributed by atoms with Crippen molar-refractivity contribution in [3.63, 3.8) is 0 Å². The summed E-state index contributed by atoms with van der Waals surface area (Å²) in [5.41, 5.74) is 0.208. The average molecular weight is 193 g/mol. The number of nitrogens with zero attached hydrogens (tertiary/aromatic N) is 1. The largest absolute Gasteiger partial charge is 0.489 e. The molecule has 0 unspecified atom stereocenters. The monoisotopic (exact) mass is 193 g/mol. The Kier molecular flexibility index (Phi) is 2.26. The van der Waals surface area contributed by atoms with E-state index in [0.717, 1.165) is 12.6 Å². The molecule has 0 saturated carbocycles. The Morgan fingerprint density at radius 2 is 2.36 bits per heavy atom. The number of carbonyl (C=O) groups is 1. The third-order valence-corrected chi connectivity index (χ3v) is 1.89. The highest BCUT2D eigenvalue weighted by Crippen LogP contribution is 2.14. The molecule has 0 atom stereocenters. The fraction of sp³-hybridized carbons (Fsp3) is 0.200. The van der Waals surface area contributed by atoms with E-state index in [9.17, 15) is 9.18 Å². The van der Waals surface area contributed by atoms with Crippen molar-refractivity contribution in [1.82, 2.24) is 4.98 Å². The van der Waals surface area contributed by atoms with Gasteiger partial charge in [-0.3, -0.25) is 4.79 Å². The van der Waals surface area contributed by atoms with Gasteiger partial charge in [0.2, 0.25) is 5.78 Å². The van der Waals surface area contributed by atoms with Crippen LogP contribution in [0.1, 0.15) is 16.9 Å². The summed E-state index contributed by atoms with van der Waals surface area (Å²) in [6.07, 6.45) is 3.47. The molecule has 0 bridgehead atoms. The zero-order valence-electron chi connectivity index (χ0n) is 7.37. The zero-order chi connectivity index (χ0) is 9.97. The number of ketones is 1. The Hall–Kier alpha value is -1.71. The van der Waals surface area contributed by atoms with Crippen LogP contribution in [0.2, 0.25) is 0 Å². The van der Waals surface area contributed by atoms with Gasteiger partial charge in [-0.2, -0.15) is 0 Å². The van der Waals surface area contributed by atoms with Gasteiger partial charge in [0.1, 0.15) is 11.5 Å². The van der Waals surface area contributed by atoms with Crippen LogP contribution in [0, 0.1) is 5.82 Å². The molecule has 0 radical (unpaired) electrons. The number of ether oxygens (including phenoxy) is 1. The second-order valence-corrected chi connectivity index (χ2v) is 2.90. The number of pyridine rings is 1. The van der Waals surface area contributed by atoms with Gasteiger partial charge in [0.15, 0.2) is 5.76 Å². The maximum atomic E-state index is 12.5. The second kappa shape index (κ2) is 3.57. The highest BCUT2D eigenvalue weighted by atomic mass is 19.1. The van der Waals surface area contributed by atoms with E-state index in [2.05, 4.69) is 4.98 Å². The summed E-state index contributed by atoms with van der Waals surface area (Å²) >= 11 is 0. The fourth-order valence-corrected chi connectivity index (χ4v) is 1.21. The molecule has 1 aliphatic rings. The van der Waals surface area contributed by atoms with E-state index in [-0.39, 0.29) is 11.5 Å². The van der Waals surface area contributed by atoms with Gasteiger partial charge >= 0.3 is 0 Å². The van der Waals surface area contributed by atoms with Gasteiger partial charge in [-0.1, -0.05) is 0 Å². The van der Waals surface area contributed by atoms with E-state index < -0.39 is 5.82 Å². The Balaban J connectivity index is 2.22. The molecule has 0 fully saturated rings. The van der Waals surface area contributed by atoms with Crippen LogP contribution in [-0.2, 0) is 4.74 Å². The first-order chi connectivity index (χ1) is 6.77. The zero-order valence-corrected chi connectivity index (χ0v) is 7.37. The van der Waals surface area contributed by atoms with Crippen molar-refractivity contribution in [2.75, 3.05) is 6.61 Å². The molecule has 4 heteroatoms. The molecule has 1 aromatic rings. The summed E-state index contributed by atoms with van der Waals surface area (Å²) < 4.78 is 17.6. The molecule has 0 spiro atoms. The maximum absolute atomic E-state index is 12.5. The lowest BCUT2D eigenvalue weighted by atomic mass is 10.2. The van der Waals surface area contributed by atoms with Crippen molar-refractivity contribution >= 4 is 5.78 Å². The number of halogens is 1. The molecule has 72 valence electrons. The highest BCUT2D eigenvalue weighted by Gasteiger charge is 2.17. The quantitative estimate of drug-likeness (QED) is 0.671. The average Bonchev–Trinajstić information content (AvgIpc) is 2.71. The van der Waals surface area contributed by atoms with Gasteiger partial charge in [0, 0.05) is 6.42 Å². The molecule has 0 saturated heterocycles. The Labute approximate surface area is 80.2 Å². The van der Waals surface area contributed by atoms with Crippen molar-refractivity contribution in [3.05, 3.63) is 41.7 Å². The van der Waals surface area contributed by atoms with Crippen LogP contribution < -0.4 is 0 Å². The summed E-state index contributed by atoms with van der Waals surface area (Å²) in [4.78, 5) is 15.3. The van der Waals surface area contributed by atoms with Gasteiger partial charge in [-0.05, 0) is 18.2 Å². The molecule has 2 heterocycles. The van der Waals surface area contributed by atoms with Crippen LogP contribution in [0.25, 0.3) is 0 Å². The predicted octanol–water partition coefficient (Wildman–Crippen LogP) is 1.71. The van der Waals surface area contributed by atoms with Crippen molar-refractivity contribution < 1.29 is 13.9 Å². The molecular weight excluding hydrogens is 185 g/mol. The minimum atomic E-state index is -0.456. The lowest BCUT2D eigenvalue weighted by Gasteiger charge is -2.01. The van der Waals surface area contributed by atoms with Crippen LogP contribution in [0.4, 0.5) is 4.39 Å². The number of allylic oxidation sites excluding steroid dienone is 1. The lowest BCUT2D eigenvalue weighted by Crippen LogP contribution is -2.06. The van der Waals surface area contributed by atoms with Gasteiger partial charge < -0.3 is 4.74 Å². The molecule has 0 aliphatic carbocycles. The van der Waals surface area contributed by atoms with Gasteiger partial charge in [-0.25, -0.2) is 9.37 Å². The summed E-state index contributed by atoms with van der Waals surface area (Å²) in [6, 6.07) is 2.55. The molecule has 0 amide bonds. The smallest absolute Gasteiger partial charge is 0.245 e. The first-order valence-corrected chi connectivity index (χ1v) is 4.26. The van der Waals surface area contributed by atoms with Crippen molar-refractivity contribution in [3.8, 4) is 0 Å². The van der Waals surface area contributed by atoms with Crippen LogP contribution in [-0.4, -0.2) is 17.4 Å². The molecule has 14 heavy (non-hydrogen) atoms. The van der Waals surface area contributed by atoms with E-state index in [4.69, 9.17) is 4.74 Å². The van der Waals surface area contributed by atoms with E-state index in [1.54, 1.807) is 6.08 Å². The summed E-state index contributed by atoms with van der Waals surface area (Å²) in [5.74, 6) is -0.436. The normalized spacial score (nSPS) is 14.8. The first kappa shape index (κ1) is 8.87. The van der Waals surface area contributed by atoms with Gasteiger partial charge in [0.25, 0.3) is 0 Å². The fourth-order valence-electron chi connectivity index (χ4n) is 1.21. The van der Waals surface area contributed by atoms with Crippen LogP contribution in [0.5, 0.6) is 0 Å². The minimum absolute atomic E-state index is 0.208. The summed E-state index contributed by atoms with van der Waals surface area (Å²) in [7, 11) is 0. The van der Waals surface area contributed by atoms with Crippen LogP contribution >= 0.6 is 0 Å². The summed E-state index contributed by atoms with van der Waals surface area (Å²) in [5, 5.41) is 0. The molecule has 2 rings (SSSR count). The van der Waals surface area contributed by atoms with Crippen molar-refractivity contribution in [1.29, 1.82) is 0 Å². The number of aromatic nitrogens is 1. The lowest BCUT2D eigenvalue weighted by molar-refractivity contribution is 0.0937. The third kappa shape index (κ3) is 1.64. The number of hydrogen-bond acceptors (Lipinski definition) is 3. The number of rotatable bonds is 2. The molecular formula is C10H8FNO2. The summed E-state index contributed by atoms with van der Waals surface area (Å²) in [6.45, 7) is 0.530. The Morgan fingerprint density at radius 3 is 2.93 bits per heavy atom. The number of Topliss-reactive ketones (excluding diaryl/α,β-unsaturated/α-hetero) is 1. The van der Waals surface area contributed by atoms with E-state index in [0.29, 0.717) is 12.4 Å². The van der Waals surface area contributed by atoms with Crippen molar-refractivity contribution in [2.45, 2.75) is 6.42 Å². The Bertz CT molecular complexity index is 384. The highest BCUT2D eigenvalue weighted by molar-refractivity contribution is 6.06. The van der Waals surface area contributed by atoms with Crippen LogP contribution in [0.15, 0.2) is 30.2 Å². The number of carbonyl (C=O) groups excluding carboxylic acids is 1. The van der Waals surface area contributed by atoms with Crippen LogP contribution in [0.3, 0.4) is 0 Å². The molecule has 0 N–H and O–H groups in total. The standard InChI is InChI=1S/C10H8FNO2/c11-7-3-4-8(12-6-7)10(13)9-2-1-5-14-9/h2-4,6H,1,5H2. The molecule has 0 aromatic carbocycles. The number of hydrogen-bond donors (Lipinski definition) is 0. The third-order valence-electron chi connectivity index (χ3n) is 1.89. The minimum Gasteiger partial charge on any atom is -0.489 e. The van der Waals surface area contributed by atoms with E-state index in [1.807, 2.05) is 0 Å². The van der Waals surface area contributed by atoms with Gasteiger partial charge in [0.05, 0.1) is 12.8 Å². The molecule has 1 aromatic heterocycles. The second-order valence-electron chi connectivity index (χ2n) is 2.90. The Morgan fingerprint density at radius 1 is 1.50 bits per heavy atom. The van der Waals surface area contributed by atoms with E-state index in [1.165, 1.54) is 12.1 Å².